The van der Waals surface area contributed by atoms with Crippen molar-refractivity contribution in [2.24, 2.45) is 5.73 Å². The summed E-state index contributed by atoms with van der Waals surface area (Å²) in [5.41, 5.74) is 5.41. The Labute approximate surface area is 91.8 Å². The van der Waals surface area contributed by atoms with Crippen molar-refractivity contribution in [2.75, 3.05) is 6.54 Å². The van der Waals surface area contributed by atoms with E-state index in [1.165, 1.54) is 0 Å². The van der Waals surface area contributed by atoms with E-state index in [1.807, 2.05) is 27.7 Å². The molecule has 1 saturated heterocycles. The minimum atomic E-state index is -0.429. The van der Waals surface area contributed by atoms with Gasteiger partial charge in [0, 0.05) is 18.6 Å². The Balaban J connectivity index is 2.59. The van der Waals surface area contributed by atoms with Crippen molar-refractivity contribution in [3.05, 3.63) is 0 Å². The summed E-state index contributed by atoms with van der Waals surface area (Å²) in [4.78, 5) is 13.6. The molecule has 0 radical (unpaired) electrons. The van der Waals surface area contributed by atoms with Crippen LogP contribution in [-0.4, -0.2) is 35.2 Å². The Morgan fingerprint density at radius 2 is 2.13 bits per heavy atom. The summed E-state index contributed by atoms with van der Waals surface area (Å²) in [5.74, 6) is 0. The van der Waals surface area contributed by atoms with Crippen molar-refractivity contribution >= 4 is 6.09 Å². The van der Waals surface area contributed by atoms with E-state index in [0.29, 0.717) is 0 Å². The molecule has 1 amide bonds. The molecule has 2 atom stereocenters. The smallest absolute Gasteiger partial charge is 0.410 e. The van der Waals surface area contributed by atoms with Gasteiger partial charge in [-0.05, 0) is 40.5 Å². The van der Waals surface area contributed by atoms with E-state index < -0.39 is 5.60 Å². The highest BCUT2D eigenvalue weighted by atomic mass is 16.6. The summed E-state index contributed by atoms with van der Waals surface area (Å²) >= 11 is 0. The van der Waals surface area contributed by atoms with Gasteiger partial charge in [0.1, 0.15) is 5.60 Å². The molecule has 0 aromatic carbocycles. The Bertz CT molecular complexity index is 233. The summed E-state index contributed by atoms with van der Waals surface area (Å²) in [6.07, 6.45) is 1.77. The Morgan fingerprint density at radius 1 is 1.53 bits per heavy atom. The Kier molecular flexibility index (Phi) is 3.60. The first-order valence-electron chi connectivity index (χ1n) is 5.56. The molecule has 1 fully saturated rings. The number of amides is 1. The van der Waals surface area contributed by atoms with E-state index in [9.17, 15) is 4.79 Å². The Morgan fingerprint density at radius 3 is 2.60 bits per heavy atom. The first-order chi connectivity index (χ1) is 6.81. The molecule has 1 heterocycles. The molecule has 4 heteroatoms. The maximum absolute atomic E-state index is 11.8. The monoisotopic (exact) mass is 214 g/mol. The van der Waals surface area contributed by atoms with Crippen LogP contribution in [-0.2, 0) is 4.74 Å². The average molecular weight is 214 g/mol. The number of hydrogen-bond donors (Lipinski definition) is 1. The topological polar surface area (TPSA) is 55.6 Å². The highest BCUT2D eigenvalue weighted by molar-refractivity contribution is 5.69. The van der Waals surface area contributed by atoms with Crippen LogP contribution in [0, 0.1) is 0 Å². The molecule has 2 N–H and O–H groups in total. The number of hydrogen-bond acceptors (Lipinski definition) is 3. The molecule has 0 saturated carbocycles. The lowest BCUT2D eigenvalue weighted by atomic mass is 10.1. The van der Waals surface area contributed by atoms with Crippen LogP contribution in [0.2, 0.25) is 0 Å². The zero-order chi connectivity index (χ0) is 11.6. The minimum absolute atomic E-state index is 0.0139. The van der Waals surface area contributed by atoms with Crippen molar-refractivity contribution in [3.63, 3.8) is 0 Å². The predicted octanol–water partition coefficient (Wildman–Crippen LogP) is 1.73. The third-order valence-electron chi connectivity index (χ3n) is 2.53. The molecule has 0 aromatic heterocycles. The maximum atomic E-state index is 11.8. The van der Waals surface area contributed by atoms with Crippen LogP contribution < -0.4 is 5.73 Å². The largest absolute Gasteiger partial charge is 0.444 e. The molecule has 88 valence electrons. The first-order valence-corrected chi connectivity index (χ1v) is 5.56. The van der Waals surface area contributed by atoms with Crippen molar-refractivity contribution in [2.45, 2.75) is 58.2 Å². The van der Waals surface area contributed by atoms with Gasteiger partial charge in [-0.2, -0.15) is 0 Å². The van der Waals surface area contributed by atoms with Crippen LogP contribution in [0.25, 0.3) is 0 Å². The molecule has 1 aliphatic heterocycles. The minimum Gasteiger partial charge on any atom is -0.444 e. The lowest BCUT2D eigenvalue weighted by Gasteiger charge is -2.30. The van der Waals surface area contributed by atoms with Gasteiger partial charge in [-0.25, -0.2) is 4.79 Å². The zero-order valence-corrected chi connectivity index (χ0v) is 10.1. The third-order valence-corrected chi connectivity index (χ3v) is 2.53. The molecule has 0 aliphatic carbocycles. The SMILES string of the molecule is C[C@H](N)C1CCCN1C(=O)OC(C)(C)C. The number of rotatable bonds is 1. The zero-order valence-electron chi connectivity index (χ0n) is 10.1. The van der Waals surface area contributed by atoms with Gasteiger partial charge in [0.2, 0.25) is 0 Å². The highest BCUT2D eigenvalue weighted by Gasteiger charge is 2.33. The second kappa shape index (κ2) is 4.39. The predicted molar refractivity (Wildman–Crippen MR) is 59.6 cm³/mol. The quantitative estimate of drug-likeness (QED) is 0.723. The number of likely N-dealkylation sites (tertiary alicyclic amines) is 1. The lowest BCUT2D eigenvalue weighted by molar-refractivity contribution is 0.0211. The van der Waals surface area contributed by atoms with Crippen molar-refractivity contribution in [1.29, 1.82) is 0 Å². The molecule has 0 aromatic rings. The third kappa shape index (κ3) is 3.38. The van der Waals surface area contributed by atoms with Crippen LogP contribution in [0.4, 0.5) is 4.79 Å². The fourth-order valence-corrected chi connectivity index (χ4v) is 1.89. The van der Waals surface area contributed by atoms with E-state index in [2.05, 4.69) is 0 Å². The second-order valence-corrected chi connectivity index (χ2v) is 5.24. The highest BCUT2D eigenvalue weighted by Crippen LogP contribution is 2.22. The van der Waals surface area contributed by atoms with E-state index in [4.69, 9.17) is 10.5 Å². The number of ether oxygens (including phenoxy) is 1. The van der Waals surface area contributed by atoms with Crippen molar-refractivity contribution in [3.8, 4) is 0 Å². The van der Waals surface area contributed by atoms with E-state index in [1.54, 1.807) is 4.90 Å². The first kappa shape index (κ1) is 12.3. The molecule has 0 bridgehead atoms. The fraction of sp³-hybridized carbons (Fsp3) is 0.909. The molecule has 4 nitrogen and oxygen atoms in total. The summed E-state index contributed by atoms with van der Waals surface area (Å²) < 4.78 is 5.33. The van der Waals surface area contributed by atoms with Gasteiger partial charge in [-0.3, -0.25) is 0 Å². The molecule has 1 rings (SSSR count). The number of nitrogens with zero attached hydrogens (tertiary/aromatic N) is 1. The molecular formula is C11H22N2O2. The van der Waals surface area contributed by atoms with Gasteiger partial charge in [0.05, 0.1) is 0 Å². The van der Waals surface area contributed by atoms with Crippen LogP contribution in [0.3, 0.4) is 0 Å². The molecular weight excluding hydrogens is 192 g/mol. The van der Waals surface area contributed by atoms with E-state index in [0.717, 1.165) is 19.4 Å². The summed E-state index contributed by atoms with van der Waals surface area (Å²) in [5, 5.41) is 0. The van der Waals surface area contributed by atoms with Gasteiger partial charge >= 0.3 is 6.09 Å². The molecule has 1 aliphatic rings. The van der Waals surface area contributed by atoms with Crippen LogP contribution in [0.1, 0.15) is 40.5 Å². The van der Waals surface area contributed by atoms with Crippen molar-refractivity contribution < 1.29 is 9.53 Å². The van der Waals surface area contributed by atoms with Gasteiger partial charge in [0.25, 0.3) is 0 Å². The maximum Gasteiger partial charge on any atom is 0.410 e. The van der Waals surface area contributed by atoms with Crippen molar-refractivity contribution in [1.82, 2.24) is 4.90 Å². The van der Waals surface area contributed by atoms with Gasteiger partial charge in [-0.15, -0.1) is 0 Å². The van der Waals surface area contributed by atoms with Gasteiger partial charge < -0.3 is 15.4 Å². The number of carbonyl (C=O) groups excluding carboxylic acids is 1. The average Bonchev–Trinajstić information content (AvgIpc) is 2.47. The fourth-order valence-electron chi connectivity index (χ4n) is 1.89. The molecule has 15 heavy (non-hydrogen) atoms. The van der Waals surface area contributed by atoms with Crippen LogP contribution in [0.5, 0.6) is 0 Å². The lowest BCUT2D eigenvalue weighted by Crippen LogP contribution is -2.47. The standard InChI is InChI=1S/C11H22N2O2/c1-8(12)9-6-5-7-13(9)10(14)15-11(2,3)4/h8-9H,5-7,12H2,1-4H3/t8-,9?/m0/s1. The van der Waals surface area contributed by atoms with Gasteiger partial charge in [0.15, 0.2) is 0 Å². The van der Waals surface area contributed by atoms with Crippen LogP contribution >= 0.6 is 0 Å². The molecule has 0 spiro atoms. The van der Waals surface area contributed by atoms with Gasteiger partial charge in [-0.1, -0.05) is 0 Å². The summed E-state index contributed by atoms with van der Waals surface area (Å²) in [6, 6.07) is 0.153. The van der Waals surface area contributed by atoms with E-state index >= 15 is 0 Å². The number of carbonyl (C=O) groups is 1. The summed E-state index contributed by atoms with van der Waals surface area (Å²) in [7, 11) is 0. The second-order valence-electron chi connectivity index (χ2n) is 5.24. The van der Waals surface area contributed by atoms with Crippen LogP contribution in [0.15, 0.2) is 0 Å². The van der Waals surface area contributed by atoms with E-state index in [-0.39, 0.29) is 18.2 Å². The summed E-state index contributed by atoms with van der Waals surface area (Å²) in [6.45, 7) is 8.33. The molecule has 1 unspecified atom stereocenters. The Hall–Kier alpha value is -0.770. The normalized spacial score (nSPS) is 24.1. The number of nitrogens with two attached hydrogens (primary N) is 1.